The first kappa shape index (κ1) is 17.5. The molecule has 0 saturated heterocycles. The Morgan fingerprint density at radius 2 is 1.73 bits per heavy atom. The van der Waals surface area contributed by atoms with Crippen molar-refractivity contribution in [3.63, 3.8) is 0 Å². The molecule has 4 aliphatic rings. The molecule has 4 bridgehead atoms. The summed E-state index contributed by atoms with van der Waals surface area (Å²) in [6.07, 6.45) is 1.04. The van der Waals surface area contributed by atoms with Gasteiger partial charge in [0.25, 0.3) is 0 Å². The molecule has 0 aliphatic heterocycles. The van der Waals surface area contributed by atoms with E-state index in [1.807, 2.05) is 0 Å². The summed E-state index contributed by atoms with van der Waals surface area (Å²) in [6, 6.07) is 0. The van der Waals surface area contributed by atoms with Crippen LogP contribution in [0.1, 0.15) is 32.1 Å². The van der Waals surface area contributed by atoms with Gasteiger partial charge in [-0.25, -0.2) is 4.79 Å². The van der Waals surface area contributed by atoms with Crippen LogP contribution in [0.5, 0.6) is 0 Å². The number of hydrogen-bond donors (Lipinski definition) is 0. The van der Waals surface area contributed by atoms with Crippen LogP contribution >= 0.6 is 13.5 Å². The highest BCUT2D eigenvalue weighted by molar-refractivity contribution is 7.87. The average Bonchev–Trinajstić information content (AvgIpc) is 2.33. The number of carbonyl (C=O) groups is 2. The minimum atomic E-state index is -5.27. The van der Waals surface area contributed by atoms with Crippen molar-refractivity contribution in [3.05, 3.63) is 0 Å². The number of hydrogen-bond acceptors (Lipinski definition) is 6. The topological polar surface area (TPSA) is 86.7 Å². The first-order valence-electron chi connectivity index (χ1n) is 6.69. The smallest absolute Gasteiger partial charge is 0.427 e. The van der Waals surface area contributed by atoms with Gasteiger partial charge in [-0.3, -0.25) is 4.79 Å². The second-order valence-electron chi connectivity index (χ2n) is 6.12. The number of alkyl halides is 2. The Morgan fingerprint density at radius 3 is 2.23 bits per heavy atom. The average molecular weight is 358 g/mol. The van der Waals surface area contributed by atoms with Crippen molar-refractivity contribution < 1.29 is 35.7 Å². The van der Waals surface area contributed by atoms with E-state index in [0.29, 0.717) is 19.3 Å². The van der Waals surface area contributed by atoms with E-state index in [4.69, 9.17) is 4.74 Å². The van der Waals surface area contributed by atoms with E-state index in [9.17, 15) is 26.8 Å². The fourth-order valence-corrected chi connectivity index (χ4v) is 4.42. The Morgan fingerprint density at radius 1 is 1.18 bits per heavy atom. The summed E-state index contributed by atoms with van der Waals surface area (Å²) in [5, 5.41) is 0. The molecule has 0 aromatic heterocycles. The molecular weight excluding hydrogens is 342 g/mol. The van der Waals surface area contributed by atoms with Crippen LogP contribution in [0, 0.1) is 17.8 Å². The third-order valence-electron chi connectivity index (χ3n) is 4.64. The summed E-state index contributed by atoms with van der Waals surface area (Å²) in [4.78, 5) is 23.4. The van der Waals surface area contributed by atoms with Gasteiger partial charge in [0.1, 0.15) is 11.4 Å². The van der Waals surface area contributed by atoms with Crippen LogP contribution in [0.4, 0.5) is 13.6 Å². The molecule has 4 aliphatic carbocycles. The lowest BCUT2D eigenvalue weighted by Gasteiger charge is -2.54. The molecule has 126 valence electrons. The number of ether oxygens (including phenoxy) is 1. The van der Waals surface area contributed by atoms with Crippen LogP contribution in [0.2, 0.25) is 0 Å². The molecule has 0 spiro atoms. The first-order chi connectivity index (χ1) is 9.71. The van der Waals surface area contributed by atoms with Crippen LogP contribution in [0.15, 0.2) is 0 Å². The van der Waals surface area contributed by atoms with Crippen molar-refractivity contribution >= 4 is 35.6 Å². The molecule has 2 atom stereocenters. The minimum Gasteiger partial charge on any atom is -0.427 e. The van der Waals surface area contributed by atoms with E-state index < -0.39 is 27.6 Å². The van der Waals surface area contributed by atoms with Gasteiger partial charge in [0.05, 0.1) is 0 Å². The monoisotopic (exact) mass is 358 g/mol. The lowest BCUT2D eigenvalue weighted by molar-refractivity contribution is -0.164. The largest absolute Gasteiger partial charge is 0.524 e. The molecule has 4 rings (SSSR count). The molecule has 22 heavy (non-hydrogen) atoms. The number of carbonyl (C=O) groups excluding carboxylic acids is 2. The number of halogens is 2. The molecule has 0 heterocycles. The zero-order chi connectivity index (χ0) is 15.4. The number of rotatable bonds is 3. The highest BCUT2D eigenvalue weighted by atomic mass is 32.2. The summed E-state index contributed by atoms with van der Waals surface area (Å²) in [5.74, 6) is -3.76. The normalized spacial score (nSPS) is 36.1. The number of Topliss-reactive ketones (excluding diaryl/α,β-unsaturated/α-hetero) is 1. The fraction of sp³-hybridized carbons (Fsp3) is 0.833. The van der Waals surface area contributed by atoms with Crippen molar-refractivity contribution in [3.8, 4) is 0 Å². The van der Waals surface area contributed by atoms with Crippen molar-refractivity contribution in [1.82, 2.24) is 0 Å². The maximum atomic E-state index is 12.2. The molecule has 4 fully saturated rings. The summed E-state index contributed by atoms with van der Waals surface area (Å²) < 4.78 is 54.8. The van der Waals surface area contributed by atoms with E-state index in [1.54, 1.807) is 0 Å². The van der Waals surface area contributed by atoms with Crippen molar-refractivity contribution in [2.24, 2.45) is 17.8 Å². The van der Waals surface area contributed by atoms with E-state index in [-0.39, 0.29) is 37.0 Å². The molecular formula is C12H16F2O6S2. The van der Waals surface area contributed by atoms with Gasteiger partial charge in [-0.1, -0.05) is 0 Å². The summed E-state index contributed by atoms with van der Waals surface area (Å²) in [7, 11) is -5.27. The van der Waals surface area contributed by atoms with E-state index >= 15 is 0 Å². The first-order valence-corrected chi connectivity index (χ1v) is 8.16. The van der Waals surface area contributed by atoms with Crippen LogP contribution in [0.3, 0.4) is 0 Å². The predicted molar refractivity (Wildman–Crippen MR) is 74.2 cm³/mol. The fourth-order valence-electron chi connectivity index (χ4n) is 4.13. The highest BCUT2D eigenvalue weighted by Gasteiger charge is 2.57. The van der Waals surface area contributed by atoms with Gasteiger partial charge in [0, 0.05) is 11.8 Å². The highest BCUT2D eigenvalue weighted by Crippen LogP contribution is 2.55. The lowest BCUT2D eigenvalue weighted by atomic mass is 9.53. The van der Waals surface area contributed by atoms with E-state index in [1.165, 1.54) is 0 Å². The zero-order valence-electron chi connectivity index (χ0n) is 11.5. The molecule has 4 saturated carbocycles. The summed E-state index contributed by atoms with van der Waals surface area (Å²) in [5.41, 5.74) is -0.945. The van der Waals surface area contributed by atoms with E-state index in [2.05, 4.69) is 4.18 Å². The molecule has 0 aromatic carbocycles. The third-order valence-corrected chi connectivity index (χ3v) is 5.45. The van der Waals surface area contributed by atoms with Gasteiger partial charge in [0.2, 0.25) is 0 Å². The second-order valence-corrected chi connectivity index (χ2v) is 7.63. The number of ketones is 1. The van der Waals surface area contributed by atoms with Crippen LogP contribution in [-0.2, 0) is 23.8 Å². The van der Waals surface area contributed by atoms with Gasteiger partial charge in [0.15, 0.2) is 0 Å². The molecule has 0 aromatic rings. The van der Waals surface area contributed by atoms with Gasteiger partial charge in [-0.15, -0.1) is 0 Å². The van der Waals surface area contributed by atoms with Gasteiger partial charge in [-0.2, -0.15) is 30.7 Å². The summed E-state index contributed by atoms with van der Waals surface area (Å²) >= 11 is 0. The molecule has 2 unspecified atom stereocenters. The Kier molecular flexibility index (Phi) is 4.46. The third kappa shape index (κ3) is 2.94. The predicted octanol–water partition coefficient (Wildman–Crippen LogP) is 1.95. The van der Waals surface area contributed by atoms with Crippen molar-refractivity contribution in [2.75, 3.05) is 0 Å². The van der Waals surface area contributed by atoms with Gasteiger partial charge < -0.3 is 8.92 Å². The Bertz CT molecular complexity index is 572. The molecule has 0 radical (unpaired) electrons. The van der Waals surface area contributed by atoms with Gasteiger partial charge >= 0.3 is 22.0 Å². The van der Waals surface area contributed by atoms with Crippen LogP contribution < -0.4 is 0 Å². The molecule has 6 nitrogen and oxygen atoms in total. The molecule has 0 N–H and O–H groups in total. The van der Waals surface area contributed by atoms with Crippen LogP contribution in [0.25, 0.3) is 0 Å². The molecule has 0 amide bonds. The Balaban J connectivity index is 0.00000176. The van der Waals surface area contributed by atoms with E-state index in [0.717, 1.165) is 12.8 Å². The minimum absolute atomic E-state index is 0. The standard InChI is InChI=1S/C12H14F2O6S.H2S/c13-10(14)21(17,18)20-11(16)19-12-3-6-1-7(4-12)9(15)8(2-6)5-12;/h6-8,10H,1-5H2;1H2. The van der Waals surface area contributed by atoms with Crippen LogP contribution in [-0.4, -0.2) is 31.7 Å². The van der Waals surface area contributed by atoms with Gasteiger partial charge in [-0.05, 0) is 38.0 Å². The maximum Gasteiger partial charge on any atom is 0.524 e. The van der Waals surface area contributed by atoms with Crippen molar-refractivity contribution in [2.45, 2.75) is 43.5 Å². The lowest BCUT2D eigenvalue weighted by Crippen LogP contribution is -2.57. The SMILES string of the molecule is O=C(OC12CC3CC(C1)C(=O)C(C3)C2)OS(=O)(=O)C(F)F.S. The Labute approximate surface area is 133 Å². The Hall–Kier alpha value is -0.900. The zero-order valence-corrected chi connectivity index (χ0v) is 13.3. The molecule has 10 heteroatoms. The quantitative estimate of drug-likeness (QED) is 0.566. The maximum absolute atomic E-state index is 12.2. The van der Waals surface area contributed by atoms with Crippen molar-refractivity contribution in [1.29, 1.82) is 0 Å². The second kappa shape index (κ2) is 5.63. The summed E-state index contributed by atoms with van der Waals surface area (Å²) in [6.45, 7) is 0.